The van der Waals surface area contributed by atoms with Crippen molar-refractivity contribution < 1.29 is 14.0 Å². The third-order valence-corrected chi connectivity index (χ3v) is 6.54. The third-order valence-electron chi connectivity index (χ3n) is 6.19. The number of aryl methyl sites for hydroxylation is 1. The zero-order valence-electron chi connectivity index (χ0n) is 17.4. The highest BCUT2D eigenvalue weighted by Gasteiger charge is 2.30. The molecule has 5 rings (SSSR count). The lowest BCUT2D eigenvalue weighted by Gasteiger charge is -2.27. The molecule has 0 saturated carbocycles. The van der Waals surface area contributed by atoms with Crippen molar-refractivity contribution in [2.75, 3.05) is 6.54 Å². The van der Waals surface area contributed by atoms with Gasteiger partial charge in [-0.25, -0.2) is 4.39 Å². The summed E-state index contributed by atoms with van der Waals surface area (Å²) in [5.74, 6) is -1.05. The monoisotopic (exact) mass is 452 g/mol. The van der Waals surface area contributed by atoms with E-state index in [1.165, 1.54) is 28.7 Å². The number of rotatable bonds is 4. The Kier molecular flexibility index (Phi) is 5.43. The first kappa shape index (κ1) is 20.7. The summed E-state index contributed by atoms with van der Waals surface area (Å²) in [5.41, 5.74) is 3.20. The predicted octanol–water partition coefficient (Wildman–Crippen LogP) is 4.14. The molecule has 0 spiro atoms. The van der Waals surface area contributed by atoms with Crippen LogP contribution in [0.2, 0.25) is 5.02 Å². The van der Waals surface area contributed by atoms with Crippen LogP contribution >= 0.6 is 11.6 Å². The minimum atomic E-state index is -0.447. The Hall–Kier alpha value is -3.19. The lowest BCUT2D eigenvalue weighted by Crippen LogP contribution is -2.40. The molecule has 2 aliphatic rings. The molecule has 1 aliphatic carbocycles. The molecule has 0 fully saturated rings. The quantitative estimate of drug-likeness (QED) is 0.647. The molecule has 6 nitrogen and oxygen atoms in total. The summed E-state index contributed by atoms with van der Waals surface area (Å²) in [6.07, 6.45) is 2.89. The molecule has 1 aliphatic heterocycles. The van der Waals surface area contributed by atoms with Gasteiger partial charge in [0.25, 0.3) is 11.8 Å². The number of nitrogens with zero attached hydrogens (tertiary/aromatic N) is 3. The Morgan fingerprint density at radius 1 is 1.19 bits per heavy atom. The zero-order chi connectivity index (χ0) is 22.2. The van der Waals surface area contributed by atoms with Crippen LogP contribution in [0.25, 0.3) is 0 Å². The molecule has 8 heteroatoms. The Morgan fingerprint density at radius 2 is 2.03 bits per heavy atom. The number of fused-ring (bicyclic) bond motifs is 2. The smallest absolute Gasteiger partial charge is 0.272 e. The van der Waals surface area contributed by atoms with Gasteiger partial charge in [0.15, 0.2) is 5.69 Å². The molecule has 0 unspecified atom stereocenters. The molecule has 0 saturated heterocycles. The minimum absolute atomic E-state index is 0.0654. The average Bonchev–Trinajstić information content (AvgIpc) is 3.24. The minimum Gasteiger partial charge on any atom is -0.344 e. The molecule has 1 N–H and O–H groups in total. The van der Waals surface area contributed by atoms with Gasteiger partial charge in [-0.3, -0.25) is 14.3 Å². The molecule has 2 amide bonds. The molecule has 164 valence electrons. The highest BCUT2D eigenvalue weighted by Crippen LogP contribution is 2.30. The summed E-state index contributed by atoms with van der Waals surface area (Å²) < 4.78 is 15.7. The maximum Gasteiger partial charge on any atom is 0.272 e. The van der Waals surface area contributed by atoms with Crippen molar-refractivity contribution in [3.63, 3.8) is 0 Å². The fourth-order valence-corrected chi connectivity index (χ4v) is 4.73. The molecule has 2 heterocycles. The van der Waals surface area contributed by atoms with Crippen LogP contribution < -0.4 is 5.32 Å². The summed E-state index contributed by atoms with van der Waals surface area (Å²) >= 11 is 6.12. The number of nitrogens with one attached hydrogen (secondary N) is 1. The van der Waals surface area contributed by atoms with Crippen LogP contribution in [0.5, 0.6) is 0 Å². The van der Waals surface area contributed by atoms with Crippen LogP contribution in [0.3, 0.4) is 0 Å². The molecule has 2 aromatic carbocycles. The van der Waals surface area contributed by atoms with Gasteiger partial charge in [-0.15, -0.1) is 0 Å². The maximum atomic E-state index is 14.2. The van der Waals surface area contributed by atoms with Crippen LogP contribution in [0.4, 0.5) is 4.39 Å². The van der Waals surface area contributed by atoms with E-state index in [1.54, 1.807) is 10.7 Å². The van der Waals surface area contributed by atoms with E-state index >= 15 is 0 Å². The van der Waals surface area contributed by atoms with Crippen LogP contribution in [0.15, 0.2) is 48.5 Å². The van der Waals surface area contributed by atoms with Gasteiger partial charge in [-0.05, 0) is 42.5 Å². The standard InChI is InChI=1S/C24H22ClFN4O2/c25-18-8-4-9-19(26)17(18)14-29-11-12-30-22(24(29)32)13-21(28-30)23(31)27-20-10-3-6-15-5-1-2-7-16(15)20/h1-2,4-5,7-9,13,20H,3,6,10-12,14H2,(H,27,31)/t20-/m0/s1. The van der Waals surface area contributed by atoms with Gasteiger partial charge in [0.1, 0.15) is 11.5 Å². The molecular formula is C24H22ClFN4O2. The fourth-order valence-electron chi connectivity index (χ4n) is 4.51. The molecular weight excluding hydrogens is 431 g/mol. The van der Waals surface area contributed by atoms with Crippen molar-refractivity contribution in [3.05, 3.63) is 87.4 Å². The fraction of sp³-hybridized carbons (Fsp3) is 0.292. The molecule has 1 atom stereocenters. The Labute approximate surface area is 190 Å². The summed E-state index contributed by atoms with van der Waals surface area (Å²) in [6, 6.07) is 14.0. The number of carbonyl (C=O) groups excluding carboxylic acids is 2. The second-order valence-corrected chi connectivity index (χ2v) is 8.59. The first-order valence-electron chi connectivity index (χ1n) is 10.7. The van der Waals surface area contributed by atoms with Crippen LogP contribution in [0.1, 0.15) is 56.6 Å². The van der Waals surface area contributed by atoms with Gasteiger partial charge >= 0.3 is 0 Å². The lowest BCUT2D eigenvalue weighted by atomic mass is 9.87. The Bertz CT molecular complexity index is 1190. The first-order chi connectivity index (χ1) is 15.5. The van der Waals surface area contributed by atoms with Gasteiger partial charge < -0.3 is 10.2 Å². The lowest BCUT2D eigenvalue weighted by molar-refractivity contribution is 0.0681. The van der Waals surface area contributed by atoms with Gasteiger partial charge in [-0.1, -0.05) is 41.9 Å². The average molecular weight is 453 g/mol. The molecule has 1 aromatic heterocycles. The third kappa shape index (κ3) is 3.77. The molecule has 3 aromatic rings. The van der Waals surface area contributed by atoms with E-state index < -0.39 is 5.82 Å². The normalized spacial score (nSPS) is 17.6. The summed E-state index contributed by atoms with van der Waals surface area (Å²) in [7, 11) is 0. The highest BCUT2D eigenvalue weighted by molar-refractivity contribution is 6.31. The van der Waals surface area contributed by atoms with Crippen LogP contribution in [0, 0.1) is 5.82 Å². The van der Waals surface area contributed by atoms with Crippen molar-refractivity contribution in [2.24, 2.45) is 0 Å². The van der Waals surface area contributed by atoms with E-state index in [0.717, 1.165) is 24.8 Å². The Balaban J connectivity index is 1.33. The van der Waals surface area contributed by atoms with Crippen molar-refractivity contribution in [2.45, 2.75) is 38.4 Å². The van der Waals surface area contributed by atoms with E-state index in [9.17, 15) is 14.0 Å². The summed E-state index contributed by atoms with van der Waals surface area (Å²) in [6.45, 7) is 0.845. The topological polar surface area (TPSA) is 67.2 Å². The van der Waals surface area contributed by atoms with Crippen molar-refractivity contribution in [1.82, 2.24) is 20.0 Å². The molecule has 0 bridgehead atoms. The van der Waals surface area contributed by atoms with Gasteiger partial charge in [0.2, 0.25) is 0 Å². The first-order valence-corrected chi connectivity index (χ1v) is 11.1. The molecule has 0 radical (unpaired) electrons. The van der Waals surface area contributed by atoms with E-state index in [-0.39, 0.29) is 40.7 Å². The van der Waals surface area contributed by atoms with E-state index in [1.807, 2.05) is 18.2 Å². The summed E-state index contributed by atoms with van der Waals surface area (Å²) in [4.78, 5) is 27.5. The Morgan fingerprint density at radius 3 is 2.88 bits per heavy atom. The number of aromatic nitrogens is 2. The van der Waals surface area contributed by atoms with Crippen molar-refractivity contribution in [1.29, 1.82) is 0 Å². The van der Waals surface area contributed by atoms with Crippen molar-refractivity contribution >= 4 is 23.4 Å². The SMILES string of the molecule is O=C(N[C@H]1CCCc2ccccc21)c1cc2n(n1)CCN(Cc1c(F)cccc1Cl)C2=O. The number of amides is 2. The van der Waals surface area contributed by atoms with Crippen LogP contribution in [-0.4, -0.2) is 33.0 Å². The second kappa shape index (κ2) is 8.39. The summed E-state index contributed by atoms with van der Waals surface area (Å²) in [5, 5.41) is 7.71. The maximum absolute atomic E-state index is 14.2. The van der Waals surface area contributed by atoms with E-state index in [2.05, 4.69) is 16.5 Å². The van der Waals surface area contributed by atoms with Gasteiger partial charge in [0, 0.05) is 23.2 Å². The molecule has 32 heavy (non-hydrogen) atoms. The largest absolute Gasteiger partial charge is 0.344 e. The number of hydrogen-bond donors (Lipinski definition) is 1. The highest BCUT2D eigenvalue weighted by atomic mass is 35.5. The van der Waals surface area contributed by atoms with Crippen LogP contribution in [-0.2, 0) is 19.5 Å². The second-order valence-electron chi connectivity index (χ2n) is 8.18. The zero-order valence-corrected chi connectivity index (χ0v) is 18.1. The van der Waals surface area contributed by atoms with Crippen molar-refractivity contribution in [3.8, 4) is 0 Å². The number of carbonyl (C=O) groups is 2. The van der Waals surface area contributed by atoms with E-state index in [4.69, 9.17) is 11.6 Å². The van der Waals surface area contributed by atoms with Gasteiger partial charge in [-0.2, -0.15) is 5.10 Å². The van der Waals surface area contributed by atoms with E-state index in [0.29, 0.717) is 18.8 Å². The number of halogens is 2. The number of benzene rings is 2. The number of hydrogen-bond acceptors (Lipinski definition) is 3. The predicted molar refractivity (Wildman–Crippen MR) is 118 cm³/mol. The van der Waals surface area contributed by atoms with Gasteiger partial charge in [0.05, 0.1) is 19.1 Å².